The highest BCUT2D eigenvalue weighted by atomic mass is 79.9. The van der Waals surface area contributed by atoms with Gasteiger partial charge < -0.3 is 14.7 Å². The molecule has 1 aliphatic rings. The predicted octanol–water partition coefficient (Wildman–Crippen LogP) is 3.66. The quantitative estimate of drug-likeness (QED) is 0.731. The largest absolute Gasteiger partial charge is 0.463 e. The van der Waals surface area contributed by atoms with Crippen LogP contribution < -0.4 is 5.56 Å². The van der Waals surface area contributed by atoms with Crippen LogP contribution >= 0.6 is 15.9 Å². The number of rotatable bonds is 1. The number of piperidine rings is 1. The predicted molar refractivity (Wildman–Crippen MR) is 103 cm³/mol. The maximum Gasteiger partial charge on any atom is 0.431 e. The standard InChI is InChI=1S/C18H22BrN3O5/c1-18(2,3)27-17(26)20-9-7-11(8-10-20)21-15(23)14-12(19)5-4-6-13(14)22(21)16(24)25/h4-6,11H,7-10H2,1-3H3,(H,24,25). The fourth-order valence-corrected chi connectivity index (χ4v) is 3.89. The molecular weight excluding hydrogens is 418 g/mol. The van der Waals surface area contributed by atoms with Gasteiger partial charge in [-0.15, -0.1) is 0 Å². The average Bonchev–Trinajstić information content (AvgIpc) is 2.87. The molecule has 1 N–H and O–H groups in total. The van der Waals surface area contributed by atoms with E-state index in [4.69, 9.17) is 4.74 Å². The lowest BCUT2D eigenvalue weighted by molar-refractivity contribution is 0.0180. The van der Waals surface area contributed by atoms with E-state index in [9.17, 15) is 19.5 Å². The van der Waals surface area contributed by atoms with Gasteiger partial charge in [-0.3, -0.25) is 4.79 Å². The molecule has 3 rings (SSSR count). The molecule has 1 aromatic carbocycles. The Bertz CT molecular complexity index is 948. The Morgan fingerprint density at radius 1 is 1.22 bits per heavy atom. The van der Waals surface area contributed by atoms with Crippen LogP contribution in [0.3, 0.4) is 0 Å². The molecule has 0 spiro atoms. The second kappa shape index (κ2) is 7.03. The zero-order valence-electron chi connectivity index (χ0n) is 15.4. The highest BCUT2D eigenvalue weighted by Crippen LogP contribution is 2.27. The molecule has 1 fully saturated rings. The van der Waals surface area contributed by atoms with Gasteiger partial charge in [0, 0.05) is 17.6 Å². The molecule has 0 bridgehead atoms. The van der Waals surface area contributed by atoms with E-state index in [-0.39, 0.29) is 11.6 Å². The van der Waals surface area contributed by atoms with Gasteiger partial charge in [0.2, 0.25) is 0 Å². The zero-order chi connectivity index (χ0) is 19.9. The Morgan fingerprint density at radius 2 is 1.85 bits per heavy atom. The summed E-state index contributed by atoms with van der Waals surface area (Å²) < 4.78 is 8.25. The first-order chi connectivity index (χ1) is 12.6. The van der Waals surface area contributed by atoms with Crippen molar-refractivity contribution in [2.45, 2.75) is 45.3 Å². The molecule has 0 aliphatic carbocycles. The number of amides is 1. The van der Waals surface area contributed by atoms with E-state index in [2.05, 4.69) is 15.9 Å². The SMILES string of the molecule is CC(C)(C)OC(=O)N1CCC(n2c(=O)c3c(Br)cccc3n2C(=O)O)CC1. The molecular formula is C18H22BrN3O5. The van der Waals surface area contributed by atoms with E-state index in [1.54, 1.807) is 43.9 Å². The van der Waals surface area contributed by atoms with Crippen molar-refractivity contribution in [2.75, 3.05) is 13.1 Å². The van der Waals surface area contributed by atoms with Crippen molar-refractivity contribution in [3.05, 3.63) is 33.0 Å². The molecule has 1 aliphatic heterocycles. The third-order valence-electron chi connectivity index (χ3n) is 4.50. The highest BCUT2D eigenvalue weighted by molar-refractivity contribution is 9.10. The Balaban J connectivity index is 1.90. The molecule has 0 unspecified atom stereocenters. The smallest absolute Gasteiger partial charge is 0.431 e. The summed E-state index contributed by atoms with van der Waals surface area (Å²) in [7, 11) is 0. The molecule has 2 heterocycles. The van der Waals surface area contributed by atoms with Crippen LogP contribution in [0.4, 0.5) is 9.59 Å². The molecule has 1 aromatic heterocycles. The second-order valence-electron chi connectivity index (χ2n) is 7.58. The lowest BCUT2D eigenvalue weighted by Gasteiger charge is -2.34. The Labute approximate surface area is 164 Å². The van der Waals surface area contributed by atoms with E-state index < -0.39 is 17.8 Å². The summed E-state index contributed by atoms with van der Waals surface area (Å²) in [4.78, 5) is 38.6. The Morgan fingerprint density at radius 3 is 2.41 bits per heavy atom. The monoisotopic (exact) mass is 439 g/mol. The van der Waals surface area contributed by atoms with Crippen molar-refractivity contribution >= 4 is 39.0 Å². The van der Waals surface area contributed by atoms with Crippen LogP contribution in [0, 0.1) is 0 Å². The lowest BCUT2D eigenvalue weighted by Crippen LogP contribution is -2.44. The average molecular weight is 440 g/mol. The summed E-state index contributed by atoms with van der Waals surface area (Å²) in [5, 5.41) is 10.0. The molecule has 1 amide bonds. The number of carbonyl (C=O) groups excluding carboxylic acids is 1. The van der Waals surface area contributed by atoms with Crippen molar-refractivity contribution < 1.29 is 19.4 Å². The summed E-state index contributed by atoms with van der Waals surface area (Å²) in [6.45, 7) is 6.21. The van der Waals surface area contributed by atoms with Crippen LogP contribution in [-0.2, 0) is 4.74 Å². The maximum absolute atomic E-state index is 12.9. The van der Waals surface area contributed by atoms with Crippen LogP contribution in [-0.4, -0.2) is 50.2 Å². The van der Waals surface area contributed by atoms with Crippen LogP contribution in [0.1, 0.15) is 39.7 Å². The number of carboxylic acid groups (broad SMARTS) is 1. The number of likely N-dealkylation sites (tertiary alicyclic amines) is 1. The van der Waals surface area contributed by atoms with Crippen LogP contribution in [0.5, 0.6) is 0 Å². The first kappa shape index (κ1) is 19.5. The fraction of sp³-hybridized carbons (Fsp3) is 0.500. The molecule has 1 saturated heterocycles. The van der Waals surface area contributed by atoms with Gasteiger partial charge >= 0.3 is 12.2 Å². The number of ether oxygens (including phenoxy) is 1. The molecule has 0 atom stereocenters. The first-order valence-electron chi connectivity index (χ1n) is 8.73. The van der Waals surface area contributed by atoms with Gasteiger partial charge in [-0.1, -0.05) is 6.07 Å². The van der Waals surface area contributed by atoms with Crippen LogP contribution in [0.2, 0.25) is 0 Å². The van der Waals surface area contributed by atoms with E-state index in [0.717, 1.165) is 4.68 Å². The van der Waals surface area contributed by atoms with Crippen LogP contribution in [0.25, 0.3) is 10.9 Å². The summed E-state index contributed by atoms with van der Waals surface area (Å²) in [6.07, 6.45) is -0.662. The van der Waals surface area contributed by atoms with E-state index in [0.29, 0.717) is 41.3 Å². The van der Waals surface area contributed by atoms with Crippen molar-refractivity contribution in [1.82, 2.24) is 14.3 Å². The number of hydrogen-bond acceptors (Lipinski definition) is 4. The van der Waals surface area contributed by atoms with Crippen molar-refractivity contribution in [1.29, 1.82) is 0 Å². The summed E-state index contributed by atoms with van der Waals surface area (Å²) in [5.41, 5.74) is -0.584. The summed E-state index contributed by atoms with van der Waals surface area (Å²) in [6, 6.07) is 4.71. The normalized spacial score (nSPS) is 15.9. The van der Waals surface area contributed by atoms with Gasteiger partial charge in [-0.2, -0.15) is 4.68 Å². The number of halogens is 1. The zero-order valence-corrected chi connectivity index (χ0v) is 17.0. The minimum atomic E-state index is -1.21. The molecule has 8 nitrogen and oxygen atoms in total. The topological polar surface area (TPSA) is 93.8 Å². The first-order valence-corrected chi connectivity index (χ1v) is 9.52. The van der Waals surface area contributed by atoms with E-state index in [1.807, 2.05) is 0 Å². The Kier molecular flexibility index (Phi) is 5.07. The second-order valence-corrected chi connectivity index (χ2v) is 8.43. The molecule has 146 valence electrons. The number of carbonyl (C=O) groups is 2. The highest BCUT2D eigenvalue weighted by Gasteiger charge is 2.31. The van der Waals surface area contributed by atoms with E-state index in [1.165, 1.54) is 4.68 Å². The lowest BCUT2D eigenvalue weighted by atomic mass is 10.1. The molecule has 9 heteroatoms. The number of hydrogen-bond donors (Lipinski definition) is 1. The number of benzene rings is 1. The van der Waals surface area contributed by atoms with Gasteiger partial charge in [-0.05, 0) is 61.7 Å². The van der Waals surface area contributed by atoms with Gasteiger partial charge in [0.15, 0.2) is 0 Å². The van der Waals surface area contributed by atoms with Crippen molar-refractivity contribution in [2.24, 2.45) is 0 Å². The summed E-state index contributed by atoms with van der Waals surface area (Å²) >= 11 is 3.34. The third-order valence-corrected chi connectivity index (χ3v) is 5.16. The van der Waals surface area contributed by atoms with Crippen molar-refractivity contribution in [3.63, 3.8) is 0 Å². The molecule has 2 aromatic rings. The Hall–Kier alpha value is -2.29. The summed E-state index contributed by atoms with van der Waals surface area (Å²) in [5.74, 6) is 0. The maximum atomic E-state index is 12.9. The molecule has 0 radical (unpaired) electrons. The fourth-order valence-electron chi connectivity index (χ4n) is 3.37. The minimum absolute atomic E-state index is 0.313. The van der Waals surface area contributed by atoms with Gasteiger partial charge in [0.05, 0.1) is 16.9 Å². The molecule has 27 heavy (non-hydrogen) atoms. The van der Waals surface area contributed by atoms with E-state index >= 15 is 0 Å². The molecule has 0 saturated carbocycles. The van der Waals surface area contributed by atoms with Gasteiger partial charge in [-0.25, -0.2) is 14.3 Å². The van der Waals surface area contributed by atoms with Crippen LogP contribution in [0.15, 0.2) is 27.5 Å². The number of aromatic nitrogens is 2. The number of nitrogens with zero attached hydrogens (tertiary/aromatic N) is 3. The number of fused-ring (bicyclic) bond motifs is 1. The van der Waals surface area contributed by atoms with Gasteiger partial charge in [0.25, 0.3) is 5.56 Å². The minimum Gasteiger partial charge on any atom is -0.463 e. The van der Waals surface area contributed by atoms with Crippen molar-refractivity contribution in [3.8, 4) is 0 Å². The van der Waals surface area contributed by atoms with Gasteiger partial charge in [0.1, 0.15) is 5.60 Å². The third kappa shape index (κ3) is 3.73.